The fraction of sp³-hybridized carbons (Fsp3) is 0.143. The lowest BCUT2D eigenvalue weighted by Crippen LogP contribution is -2.21. The molecule has 11 heteroatoms. The predicted octanol–water partition coefficient (Wildman–Crippen LogP) is 4.42. The predicted molar refractivity (Wildman–Crippen MR) is 108 cm³/mol. The van der Waals surface area contributed by atoms with Crippen LogP contribution in [0.5, 0.6) is 11.5 Å². The van der Waals surface area contributed by atoms with E-state index in [2.05, 4.69) is 0 Å². The summed E-state index contributed by atoms with van der Waals surface area (Å²) >= 11 is 0. The van der Waals surface area contributed by atoms with Crippen molar-refractivity contribution in [3.8, 4) is 11.5 Å². The van der Waals surface area contributed by atoms with Gasteiger partial charge in [0, 0.05) is 29.5 Å². The average molecular weight is 465 g/mol. The molecule has 1 aliphatic rings. The number of rotatable bonds is 4. The lowest BCUT2D eigenvalue weighted by atomic mass is 9.96. The van der Waals surface area contributed by atoms with Crippen LogP contribution in [0.25, 0.3) is 16.8 Å². The number of fused-ring (bicyclic) bond motifs is 3. The second kappa shape index (κ2) is 7.52. The summed E-state index contributed by atoms with van der Waals surface area (Å²) in [4.78, 5) is 10.8. The minimum absolute atomic E-state index is 0.0261. The number of hydrogen-bond donors (Lipinski definition) is 0. The molecule has 3 aromatic carbocycles. The van der Waals surface area contributed by atoms with Gasteiger partial charge in [-0.3, -0.25) is 10.1 Å². The van der Waals surface area contributed by atoms with Crippen molar-refractivity contribution in [3.05, 3.63) is 80.8 Å². The monoisotopic (exact) mass is 465 g/mol. The lowest BCUT2D eigenvalue weighted by Gasteiger charge is -2.24. The molecule has 0 bridgehead atoms. The molecule has 0 aliphatic carbocycles. The third-order valence-corrected chi connectivity index (χ3v) is 6.16. The summed E-state index contributed by atoms with van der Waals surface area (Å²) in [6.45, 7) is 0. The second-order valence-electron chi connectivity index (χ2n) is 7.09. The van der Waals surface area contributed by atoms with Crippen molar-refractivity contribution in [2.45, 2.75) is 11.0 Å². The van der Waals surface area contributed by atoms with Crippen molar-refractivity contribution in [2.24, 2.45) is 0 Å². The van der Waals surface area contributed by atoms with E-state index in [1.807, 2.05) is 0 Å². The van der Waals surface area contributed by atoms with Gasteiger partial charge in [-0.05, 0) is 35.0 Å². The number of ether oxygens (including phenoxy) is 2. The maximum Gasteiger partial charge on any atom is 0.291 e. The fourth-order valence-electron chi connectivity index (χ4n) is 3.56. The van der Waals surface area contributed by atoms with Crippen LogP contribution in [-0.2, 0) is 9.84 Å². The molecule has 1 unspecified atom stereocenters. The van der Waals surface area contributed by atoms with Crippen LogP contribution in [0.15, 0.2) is 47.0 Å². The van der Waals surface area contributed by atoms with Crippen LogP contribution >= 0.6 is 0 Å². The highest BCUT2D eigenvalue weighted by Crippen LogP contribution is 2.43. The summed E-state index contributed by atoms with van der Waals surface area (Å²) in [5.41, 5.74) is -0.921. The Morgan fingerprint density at radius 3 is 2.38 bits per heavy atom. The molecule has 1 heterocycles. The zero-order valence-corrected chi connectivity index (χ0v) is 17.4. The minimum atomic E-state index is -3.63. The Bertz CT molecular complexity index is 1440. The van der Waals surface area contributed by atoms with Gasteiger partial charge in [-0.2, -0.15) is 0 Å². The van der Waals surface area contributed by atoms with Gasteiger partial charge in [0.05, 0.1) is 12.0 Å². The van der Waals surface area contributed by atoms with Crippen LogP contribution in [0.3, 0.4) is 0 Å². The first kappa shape index (κ1) is 21.6. The van der Waals surface area contributed by atoms with Gasteiger partial charge in [0.15, 0.2) is 21.5 Å². The zero-order chi connectivity index (χ0) is 23.4. The number of methoxy groups -OCH3 is 1. The van der Waals surface area contributed by atoms with Crippen molar-refractivity contribution in [2.75, 3.05) is 13.4 Å². The van der Waals surface area contributed by atoms with E-state index in [1.54, 1.807) is 0 Å². The molecule has 0 spiro atoms. The minimum Gasteiger partial charge on any atom is -0.495 e. The lowest BCUT2D eigenvalue weighted by molar-refractivity contribution is -0.434. The molecule has 0 aromatic heterocycles. The van der Waals surface area contributed by atoms with Gasteiger partial charge in [0.1, 0.15) is 22.2 Å². The number of benzene rings is 3. The Labute approximate surface area is 179 Å². The maximum atomic E-state index is 14.3. The molecule has 1 aliphatic heterocycles. The molecule has 166 valence electrons. The van der Waals surface area contributed by atoms with E-state index in [0.717, 1.165) is 12.3 Å². The smallest absolute Gasteiger partial charge is 0.291 e. The molecule has 0 amide bonds. The third kappa shape index (κ3) is 3.54. The first-order chi connectivity index (χ1) is 15.0. The Kier molecular flexibility index (Phi) is 5.08. The topological polar surface area (TPSA) is 95.7 Å². The van der Waals surface area contributed by atoms with E-state index in [-0.39, 0.29) is 22.0 Å². The summed E-state index contributed by atoms with van der Waals surface area (Å²) in [6.07, 6.45) is 0.512. The van der Waals surface area contributed by atoms with Gasteiger partial charge in [-0.15, -0.1) is 0 Å². The zero-order valence-electron chi connectivity index (χ0n) is 16.6. The molecule has 4 rings (SSSR count). The van der Waals surface area contributed by atoms with Crippen LogP contribution in [0.4, 0.5) is 13.2 Å². The van der Waals surface area contributed by atoms with Gasteiger partial charge in [-0.25, -0.2) is 21.6 Å². The molecule has 7 nitrogen and oxygen atoms in total. The summed E-state index contributed by atoms with van der Waals surface area (Å²) in [6, 6.07) is 6.52. The Morgan fingerprint density at radius 2 is 1.75 bits per heavy atom. The summed E-state index contributed by atoms with van der Waals surface area (Å²) in [5.74, 6) is -3.89. The van der Waals surface area contributed by atoms with Crippen LogP contribution in [0, 0.1) is 27.6 Å². The molecule has 32 heavy (non-hydrogen) atoms. The molecule has 0 saturated heterocycles. The van der Waals surface area contributed by atoms with Crippen LogP contribution in [0.1, 0.15) is 17.2 Å². The molecule has 1 atom stereocenters. The fourth-order valence-corrected chi connectivity index (χ4v) is 4.41. The molecular formula is C21H14F3NO6S. The van der Waals surface area contributed by atoms with E-state index in [0.29, 0.717) is 22.9 Å². The Morgan fingerprint density at radius 1 is 1.06 bits per heavy atom. The van der Waals surface area contributed by atoms with Crippen molar-refractivity contribution < 1.29 is 36.0 Å². The first-order valence-electron chi connectivity index (χ1n) is 9.03. The first-order valence-corrected chi connectivity index (χ1v) is 10.9. The van der Waals surface area contributed by atoms with Gasteiger partial charge in [-0.1, -0.05) is 6.07 Å². The third-order valence-electron chi connectivity index (χ3n) is 5.04. The van der Waals surface area contributed by atoms with Gasteiger partial charge >= 0.3 is 0 Å². The number of nitro groups is 1. The van der Waals surface area contributed by atoms with Crippen molar-refractivity contribution in [1.29, 1.82) is 0 Å². The van der Waals surface area contributed by atoms with E-state index in [4.69, 9.17) is 9.47 Å². The van der Waals surface area contributed by atoms with Gasteiger partial charge in [0.25, 0.3) is 5.70 Å². The Balaban J connectivity index is 1.96. The molecule has 3 aromatic rings. The van der Waals surface area contributed by atoms with E-state index in [1.165, 1.54) is 31.4 Å². The van der Waals surface area contributed by atoms with Gasteiger partial charge in [0.2, 0.25) is 6.10 Å². The van der Waals surface area contributed by atoms with Crippen molar-refractivity contribution in [1.82, 2.24) is 0 Å². The van der Waals surface area contributed by atoms with Gasteiger partial charge < -0.3 is 9.47 Å². The highest BCUT2D eigenvalue weighted by atomic mass is 32.2. The number of nitrogens with zero attached hydrogens (tertiary/aromatic N) is 1. The quantitative estimate of drug-likeness (QED) is 0.322. The normalized spacial score (nSPS) is 15.7. The molecule has 0 radical (unpaired) electrons. The molecule has 0 N–H and O–H groups in total. The Hall–Kier alpha value is -3.60. The highest BCUT2D eigenvalue weighted by Gasteiger charge is 2.36. The standard InChI is InChI=1S/C21H14F3NO6S/c1-30-19-8-11-10(5-20(19)32(2,28)29)3-4-18-12(11)7-17(25(26)27)21(31-18)13-6-15(23)16(24)9-14(13)22/h3-9,21H,1-2H3. The second-order valence-corrected chi connectivity index (χ2v) is 9.07. The van der Waals surface area contributed by atoms with Crippen LogP contribution < -0.4 is 9.47 Å². The SMILES string of the molecule is COc1cc2c3c(ccc2cc1S(C)(=O)=O)OC(c1cc(F)c(F)cc1F)C([N+](=O)[O-])=C3. The summed E-state index contributed by atoms with van der Waals surface area (Å²) in [5, 5.41) is 12.5. The molecular weight excluding hydrogens is 451 g/mol. The van der Waals surface area contributed by atoms with E-state index in [9.17, 15) is 31.7 Å². The largest absolute Gasteiger partial charge is 0.495 e. The van der Waals surface area contributed by atoms with Crippen LogP contribution in [-0.4, -0.2) is 26.7 Å². The molecule has 0 saturated carbocycles. The maximum absolute atomic E-state index is 14.3. The van der Waals surface area contributed by atoms with Crippen molar-refractivity contribution in [3.63, 3.8) is 0 Å². The summed E-state index contributed by atoms with van der Waals surface area (Å²) in [7, 11) is -2.35. The highest BCUT2D eigenvalue weighted by molar-refractivity contribution is 7.90. The van der Waals surface area contributed by atoms with E-state index < -0.39 is 49.6 Å². The van der Waals surface area contributed by atoms with Crippen molar-refractivity contribution >= 4 is 26.7 Å². The summed E-state index contributed by atoms with van der Waals surface area (Å²) < 4.78 is 76.3. The number of sulfone groups is 1. The van der Waals surface area contributed by atoms with E-state index >= 15 is 0 Å². The number of halogens is 3. The van der Waals surface area contributed by atoms with Crippen LogP contribution in [0.2, 0.25) is 0 Å². The average Bonchev–Trinajstić information content (AvgIpc) is 2.73. The molecule has 0 fully saturated rings. The number of hydrogen-bond acceptors (Lipinski definition) is 6.